The fraction of sp³-hybridized carbons (Fsp3) is 0.276. The second-order valence-electron chi connectivity index (χ2n) is 8.51. The predicted molar refractivity (Wildman–Crippen MR) is 143 cm³/mol. The Morgan fingerprint density at radius 1 is 0.889 bits per heavy atom. The lowest BCUT2D eigenvalue weighted by atomic mass is 10.1. The van der Waals surface area contributed by atoms with Crippen LogP contribution in [0.4, 0.5) is 5.69 Å². The molecule has 0 aliphatic heterocycles. The third-order valence-corrected chi connectivity index (χ3v) is 5.61. The number of amides is 2. The summed E-state index contributed by atoms with van der Waals surface area (Å²) in [5, 5.41) is 6.86. The van der Waals surface area contributed by atoms with Gasteiger partial charge in [-0.05, 0) is 74.2 Å². The molecule has 0 aliphatic rings. The molecule has 0 aromatic heterocycles. The van der Waals surface area contributed by atoms with Crippen molar-refractivity contribution in [3.63, 3.8) is 0 Å². The number of benzene rings is 3. The summed E-state index contributed by atoms with van der Waals surface area (Å²) in [5.41, 5.74) is 8.33. The van der Waals surface area contributed by atoms with E-state index in [9.17, 15) is 9.59 Å². The lowest BCUT2D eigenvalue weighted by molar-refractivity contribution is -0.124. The van der Waals surface area contributed by atoms with Gasteiger partial charge >= 0.3 is 0 Å². The van der Waals surface area contributed by atoms with E-state index in [4.69, 9.17) is 9.47 Å². The molecule has 0 saturated heterocycles. The topological polar surface area (TPSA) is 89.0 Å². The summed E-state index contributed by atoms with van der Waals surface area (Å²) in [6.07, 6.45) is 1.63. The van der Waals surface area contributed by atoms with Gasteiger partial charge in [-0.25, -0.2) is 5.43 Å². The first-order valence-electron chi connectivity index (χ1n) is 12.0. The van der Waals surface area contributed by atoms with Crippen LogP contribution in [0.5, 0.6) is 11.5 Å². The Kier molecular flexibility index (Phi) is 9.63. The quantitative estimate of drug-likeness (QED) is 0.278. The fourth-order valence-corrected chi connectivity index (χ4v) is 3.52. The van der Waals surface area contributed by atoms with Crippen LogP contribution in [0.15, 0.2) is 65.8 Å². The molecule has 0 bridgehead atoms. The summed E-state index contributed by atoms with van der Waals surface area (Å²) in [7, 11) is 0. The largest absolute Gasteiger partial charge is 0.490 e. The van der Waals surface area contributed by atoms with Crippen LogP contribution in [-0.4, -0.2) is 24.6 Å². The predicted octanol–water partition coefficient (Wildman–Crippen LogP) is 5.46. The number of hydrazone groups is 1. The molecular formula is C29H33N3O4. The Morgan fingerprint density at radius 3 is 2.44 bits per heavy atom. The van der Waals surface area contributed by atoms with Gasteiger partial charge in [-0.15, -0.1) is 0 Å². The first kappa shape index (κ1) is 26.5. The highest BCUT2D eigenvalue weighted by atomic mass is 16.5. The van der Waals surface area contributed by atoms with E-state index in [2.05, 4.69) is 21.9 Å². The minimum Gasteiger partial charge on any atom is -0.490 e. The van der Waals surface area contributed by atoms with Crippen molar-refractivity contribution in [2.75, 3.05) is 11.9 Å². The third kappa shape index (κ3) is 7.98. The van der Waals surface area contributed by atoms with E-state index in [1.54, 1.807) is 0 Å². The molecule has 0 saturated carbocycles. The van der Waals surface area contributed by atoms with Crippen LogP contribution < -0.4 is 20.2 Å². The van der Waals surface area contributed by atoms with Crippen molar-refractivity contribution in [2.45, 2.75) is 47.1 Å². The maximum absolute atomic E-state index is 12.2. The van der Waals surface area contributed by atoms with Crippen molar-refractivity contribution in [3.8, 4) is 11.5 Å². The molecule has 188 valence electrons. The van der Waals surface area contributed by atoms with Gasteiger partial charge in [0.2, 0.25) is 11.8 Å². The summed E-state index contributed by atoms with van der Waals surface area (Å²) < 4.78 is 11.7. The number of ether oxygens (including phenoxy) is 2. The van der Waals surface area contributed by atoms with Crippen molar-refractivity contribution in [3.05, 3.63) is 88.5 Å². The molecule has 2 N–H and O–H groups in total. The van der Waals surface area contributed by atoms with Crippen molar-refractivity contribution in [1.82, 2.24) is 5.43 Å². The standard InChI is InChI=1S/C29H33N3O4/c1-5-35-27-17-23(12-13-26(27)36-19-24-10-6-8-20(2)16-24)18-30-32-29(34)15-14-28(33)31-25-11-7-9-21(3)22(25)4/h6-13,16-18H,5,14-15,19H2,1-4H3,(H,31,33)(H,32,34). The molecule has 0 heterocycles. The van der Waals surface area contributed by atoms with Crippen molar-refractivity contribution >= 4 is 23.7 Å². The Balaban J connectivity index is 1.50. The van der Waals surface area contributed by atoms with Gasteiger partial charge in [-0.2, -0.15) is 5.10 Å². The van der Waals surface area contributed by atoms with Crippen molar-refractivity contribution in [2.24, 2.45) is 5.10 Å². The van der Waals surface area contributed by atoms with E-state index in [1.807, 2.05) is 82.3 Å². The van der Waals surface area contributed by atoms with Crippen LogP contribution in [-0.2, 0) is 16.2 Å². The van der Waals surface area contributed by atoms with Crippen LogP contribution in [0.3, 0.4) is 0 Å². The zero-order valence-electron chi connectivity index (χ0n) is 21.3. The molecule has 3 aromatic carbocycles. The number of anilines is 1. The Bertz CT molecular complexity index is 1240. The maximum Gasteiger partial charge on any atom is 0.240 e. The number of nitrogens with one attached hydrogen (secondary N) is 2. The second kappa shape index (κ2) is 13.1. The zero-order chi connectivity index (χ0) is 25.9. The van der Waals surface area contributed by atoms with Crippen molar-refractivity contribution < 1.29 is 19.1 Å². The number of carbonyl (C=O) groups is 2. The fourth-order valence-electron chi connectivity index (χ4n) is 3.52. The second-order valence-corrected chi connectivity index (χ2v) is 8.51. The summed E-state index contributed by atoms with van der Waals surface area (Å²) in [5.74, 6) is 0.675. The van der Waals surface area contributed by atoms with Crippen LogP contribution in [0.25, 0.3) is 0 Å². The van der Waals surface area contributed by atoms with Crippen LogP contribution in [0.2, 0.25) is 0 Å². The smallest absolute Gasteiger partial charge is 0.240 e. The molecule has 0 fully saturated rings. The van der Waals surface area contributed by atoms with Gasteiger partial charge in [0.15, 0.2) is 11.5 Å². The molecule has 3 aromatic rings. The van der Waals surface area contributed by atoms with Crippen molar-refractivity contribution in [1.29, 1.82) is 0 Å². The van der Waals surface area contributed by atoms with E-state index in [0.717, 1.165) is 27.9 Å². The van der Waals surface area contributed by atoms with E-state index >= 15 is 0 Å². The Hall–Kier alpha value is -4.13. The van der Waals surface area contributed by atoms with E-state index in [-0.39, 0.29) is 24.7 Å². The van der Waals surface area contributed by atoms with E-state index in [1.165, 1.54) is 11.8 Å². The Morgan fingerprint density at radius 2 is 1.67 bits per heavy atom. The van der Waals surface area contributed by atoms with Crippen LogP contribution in [0.1, 0.15) is 47.6 Å². The minimum atomic E-state index is -0.342. The molecule has 7 heteroatoms. The molecule has 2 amide bonds. The summed E-state index contributed by atoms with van der Waals surface area (Å²) in [4.78, 5) is 24.3. The summed E-state index contributed by atoms with van der Waals surface area (Å²) in [6.45, 7) is 8.81. The van der Waals surface area contributed by atoms with Gasteiger partial charge in [0.1, 0.15) is 6.61 Å². The highest BCUT2D eigenvalue weighted by Gasteiger charge is 2.10. The summed E-state index contributed by atoms with van der Waals surface area (Å²) in [6, 6.07) is 19.3. The van der Waals surface area contributed by atoms with Gasteiger partial charge in [0.05, 0.1) is 12.8 Å². The van der Waals surface area contributed by atoms with Gasteiger partial charge in [0.25, 0.3) is 0 Å². The van der Waals surface area contributed by atoms with E-state index < -0.39 is 0 Å². The first-order chi connectivity index (χ1) is 17.4. The molecule has 0 unspecified atom stereocenters. The summed E-state index contributed by atoms with van der Waals surface area (Å²) >= 11 is 0. The number of carbonyl (C=O) groups excluding carboxylic acids is 2. The molecular weight excluding hydrogens is 454 g/mol. The number of hydrogen-bond acceptors (Lipinski definition) is 5. The SMILES string of the molecule is CCOc1cc(C=NNC(=O)CCC(=O)Nc2cccc(C)c2C)ccc1OCc1cccc(C)c1. The number of hydrogen-bond donors (Lipinski definition) is 2. The minimum absolute atomic E-state index is 0.0317. The molecule has 36 heavy (non-hydrogen) atoms. The highest BCUT2D eigenvalue weighted by molar-refractivity contribution is 5.94. The van der Waals surface area contributed by atoms with Gasteiger partial charge in [-0.3, -0.25) is 9.59 Å². The molecule has 7 nitrogen and oxygen atoms in total. The third-order valence-electron chi connectivity index (χ3n) is 5.61. The molecule has 0 radical (unpaired) electrons. The molecule has 3 rings (SSSR count). The molecule has 0 spiro atoms. The highest BCUT2D eigenvalue weighted by Crippen LogP contribution is 2.29. The lowest BCUT2D eigenvalue weighted by Crippen LogP contribution is -2.21. The van der Waals surface area contributed by atoms with Crippen LogP contribution >= 0.6 is 0 Å². The average Bonchev–Trinajstić information content (AvgIpc) is 2.85. The van der Waals surface area contributed by atoms with Gasteiger partial charge in [0, 0.05) is 18.5 Å². The van der Waals surface area contributed by atoms with E-state index in [0.29, 0.717) is 24.7 Å². The molecule has 0 atom stereocenters. The molecule has 0 aliphatic carbocycles. The monoisotopic (exact) mass is 487 g/mol. The lowest BCUT2D eigenvalue weighted by Gasteiger charge is -2.13. The average molecular weight is 488 g/mol. The van der Waals surface area contributed by atoms with Gasteiger partial charge in [-0.1, -0.05) is 42.0 Å². The maximum atomic E-state index is 12.2. The Labute approximate surface area is 212 Å². The zero-order valence-corrected chi connectivity index (χ0v) is 21.3. The van der Waals surface area contributed by atoms with Gasteiger partial charge < -0.3 is 14.8 Å². The van der Waals surface area contributed by atoms with Crippen LogP contribution in [0, 0.1) is 20.8 Å². The number of nitrogens with zero attached hydrogens (tertiary/aromatic N) is 1. The normalized spacial score (nSPS) is 10.8. The first-order valence-corrected chi connectivity index (χ1v) is 12.0. The number of rotatable bonds is 11. The number of aryl methyl sites for hydroxylation is 2.